The molecule has 0 spiro atoms. The molecule has 0 aliphatic carbocycles. The van der Waals surface area contributed by atoms with Crippen molar-refractivity contribution in [3.63, 3.8) is 0 Å². The summed E-state index contributed by atoms with van der Waals surface area (Å²) in [7, 11) is 1.69. The van der Waals surface area contributed by atoms with Gasteiger partial charge in [-0.2, -0.15) is 5.10 Å². The highest BCUT2D eigenvalue weighted by atomic mass is 16.5. The second kappa shape index (κ2) is 4.37. The number of aromatic nitrogens is 2. The summed E-state index contributed by atoms with van der Waals surface area (Å²) in [5, 5.41) is 9.12. The molecule has 3 rings (SSSR count). The van der Waals surface area contributed by atoms with Gasteiger partial charge in [0.05, 0.1) is 25.4 Å². The Morgan fingerprint density at radius 3 is 3.24 bits per heavy atom. The van der Waals surface area contributed by atoms with Gasteiger partial charge in [-0.25, -0.2) is 0 Å². The van der Waals surface area contributed by atoms with Crippen molar-refractivity contribution in [3.05, 3.63) is 24.4 Å². The van der Waals surface area contributed by atoms with Gasteiger partial charge in [-0.05, 0) is 31.5 Å². The third-order valence-electron chi connectivity index (χ3n) is 3.41. The molecule has 1 fully saturated rings. The Labute approximate surface area is 101 Å². The zero-order valence-corrected chi connectivity index (χ0v) is 10.0. The molecule has 0 amide bonds. The minimum Gasteiger partial charge on any atom is -0.497 e. The minimum atomic E-state index is 0.560. The van der Waals surface area contributed by atoms with E-state index in [1.807, 2.05) is 12.3 Å². The van der Waals surface area contributed by atoms with Crippen LogP contribution >= 0.6 is 0 Å². The molecule has 4 heteroatoms. The van der Waals surface area contributed by atoms with Crippen molar-refractivity contribution in [1.82, 2.24) is 15.1 Å². The average molecular weight is 231 g/mol. The Morgan fingerprint density at radius 2 is 2.47 bits per heavy atom. The molecule has 90 valence electrons. The van der Waals surface area contributed by atoms with Crippen LogP contribution in [0.3, 0.4) is 0 Å². The molecule has 1 N–H and O–H groups in total. The van der Waals surface area contributed by atoms with Crippen LogP contribution in [-0.4, -0.2) is 29.5 Å². The lowest BCUT2D eigenvalue weighted by Crippen LogP contribution is -2.27. The van der Waals surface area contributed by atoms with Gasteiger partial charge in [0, 0.05) is 17.5 Å². The van der Waals surface area contributed by atoms with Crippen LogP contribution in [0.5, 0.6) is 5.75 Å². The maximum atomic E-state index is 5.26. The summed E-state index contributed by atoms with van der Waals surface area (Å²) in [6, 6.07) is 6.64. The highest BCUT2D eigenvalue weighted by Gasteiger charge is 2.15. The first kappa shape index (κ1) is 10.6. The molecule has 1 atom stereocenters. The molecule has 0 saturated carbocycles. The van der Waals surface area contributed by atoms with Crippen LogP contribution in [0.1, 0.15) is 12.8 Å². The van der Waals surface area contributed by atoms with E-state index in [4.69, 9.17) is 4.74 Å². The number of ether oxygens (including phenoxy) is 1. The third-order valence-corrected chi connectivity index (χ3v) is 3.41. The number of methoxy groups -OCH3 is 1. The molecule has 0 radical (unpaired) electrons. The fraction of sp³-hybridized carbons (Fsp3) is 0.462. The molecule has 17 heavy (non-hydrogen) atoms. The third kappa shape index (κ3) is 2.00. The predicted octanol–water partition coefficient (Wildman–Crippen LogP) is 1.80. The molecule has 4 nitrogen and oxygen atoms in total. The molecule has 1 aliphatic rings. The lowest BCUT2D eigenvalue weighted by molar-refractivity contribution is 0.415. The lowest BCUT2D eigenvalue weighted by Gasteiger charge is -2.11. The van der Waals surface area contributed by atoms with Crippen molar-refractivity contribution < 1.29 is 4.74 Å². The number of hydrogen-bond acceptors (Lipinski definition) is 3. The molecule has 2 aromatic rings. The van der Waals surface area contributed by atoms with Gasteiger partial charge in [0.1, 0.15) is 5.75 Å². The Bertz CT molecular complexity index is 514. The molecular weight excluding hydrogens is 214 g/mol. The average Bonchev–Trinajstić information content (AvgIpc) is 2.99. The number of hydrogen-bond donors (Lipinski definition) is 1. The fourth-order valence-corrected chi connectivity index (χ4v) is 2.44. The van der Waals surface area contributed by atoms with Crippen molar-refractivity contribution >= 4 is 10.9 Å². The molecule has 1 aromatic heterocycles. The summed E-state index contributed by atoms with van der Waals surface area (Å²) < 4.78 is 7.33. The fourth-order valence-electron chi connectivity index (χ4n) is 2.44. The van der Waals surface area contributed by atoms with Gasteiger partial charge in [-0.15, -0.1) is 0 Å². The first-order chi connectivity index (χ1) is 8.36. The van der Waals surface area contributed by atoms with E-state index in [0.717, 1.165) is 24.4 Å². The van der Waals surface area contributed by atoms with Crippen molar-refractivity contribution in [3.8, 4) is 5.75 Å². The highest BCUT2D eigenvalue weighted by molar-refractivity contribution is 5.80. The zero-order valence-electron chi connectivity index (χ0n) is 10.0. The Morgan fingerprint density at radius 1 is 1.53 bits per heavy atom. The summed E-state index contributed by atoms with van der Waals surface area (Å²) in [4.78, 5) is 0. The zero-order chi connectivity index (χ0) is 11.7. The summed E-state index contributed by atoms with van der Waals surface area (Å²) in [6.07, 6.45) is 4.43. The molecule has 0 bridgehead atoms. The normalized spacial score (nSPS) is 19.9. The topological polar surface area (TPSA) is 39.1 Å². The monoisotopic (exact) mass is 231 g/mol. The SMILES string of the molecule is COc1ccc2cnn(C[C@H]3CCCN3)c2c1. The Balaban J connectivity index is 1.92. The molecular formula is C13H17N3O. The second-order valence-electron chi connectivity index (χ2n) is 4.54. The number of nitrogens with zero attached hydrogens (tertiary/aromatic N) is 2. The Kier molecular flexibility index (Phi) is 2.73. The first-order valence-electron chi connectivity index (χ1n) is 6.10. The van der Waals surface area contributed by atoms with Gasteiger partial charge >= 0.3 is 0 Å². The Hall–Kier alpha value is -1.55. The molecule has 1 aliphatic heterocycles. The van der Waals surface area contributed by atoms with E-state index in [-0.39, 0.29) is 0 Å². The summed E-state index contributed by atoms with van der Waals surface area (Å²) in [6.45, 7) is 2.07. The minimum absolute atomic E-state index is 0.560. The van der Waals surface area contributed by atoms with Gasteiger partial charge in [-0.3, -0.25) is 4.68 Å². The number of fused-ring (bicyclic) bond motifs is 1. The van der Waals surface area contributed by atoms with E-state index in [2.05, 4.69) is 27.2 Å². The highest BCUT2D eigenvalue weighted by Crippen LogP contribution is 2.21. The van der Waals surface area contributed by atoms with Crippen LogP contribution in [0.25, 0.3) is 10.9 Å². The summed E-state index contributed by atoms with van der Waals surface area (Å²) in [5.41, 5.74) is 1.15. The van der Waals surface area contributed by atoms with E-state index in [1.165, 1.54) is 18.2 Å². The van der Waals surface area contributed by atoms with E-state index >= 15 is 0 Å². The van der Waals surface area contributed by atoms with Gasteiger partial charge in [0.25, 0.3) is 0 Å². The van der Waals surface area contributed by atoms with E-state index in [9.17, 15) is 0 Å². The van der Waals surface area contributed by atoms with Crippen LogP contribution in [0.15, 0.2) is 24.4 Å². The maximum absolute atomic E-state index is 5.26. The molecule has 1 saturated heterocycles. The van der Waals surface area contributed by atoms with Gasteiger partial charge in [0.15, 0.2) is 0 Å². The lowest BCUT2D eigenvalue weighted by atomic mass is 10.2. The largest absolute Gasteiger partial charge is 0.497 e. The molecule has 1 aromatic carbocycles. The van der Waals surface area contributed by atoms with E-state index < -0.39 is 0 Å². The summed E-state index contributed by atoms with van der Waals surface area (Å²) >= 11 is 0. The standard InChI is InChI=1S/C13H17N3O/c1-17-12-5-4-10-8-15-16(13(10)7-12)9-11-3-2-6-14-11/h4-5,7-8,11,14H,2-3,6,9H2,1H3/t11-/m1/s1. The van der Waals surface area contributed by atoms with Gasteiger partial charge in [-0.1, -0.05) is 0 Å². The number of rotatable bonds is 3. The van der Waals surface area contributed by atoms with Crippen molar-refractivity contribution in [2.45, 2.75) is 25.4 Å². The molecule has 0 unspecified atom stereocenters. The van der Waals surface area contributed by atoms with Crippen LogP contribution in [0.4, 0.5) is 0 Å². The first-order valence-corrected chi connectivity index (χ1v) is 6.10. The number of nitrogens with one attached hydrogen (secondary N) is 1. The van der Waals surface area contributed by atoms with Crippen molar-refractivity contribution in [1.29, 1.82) is 0 Å². The van der Waals surface area contributed by atoms with Gasteiger partial charge < -0.3 is 10.1 Å². The maximum Gasteiger partial charge on any atom is 0.121 e. The van der Waals surface area contributed by atoms with Gasteiger partial charge in [0.2, 0.25) is 0 Å². The smallest absolute Gasteiger partial charge is 0.121 e. The molecule has 2 heterocycles. The quantitative estimate of drug-likeness (QED) is 0.875. The summed E-state index contributed by atoms with van der Waals surface area (Å²) in [5.74, 6) is 0.888. The number of benzene rings is 1. The van der Waals surface area contributed by atoms with Crippen LogP contribution < -0.4 is 10.1 Å². The van der Waals surface area contributed by atoms with E-state index in [1.54, 1.807) is 7.11 Å². The second-order valence-corrected chi connectivity index (χ2v) is 4.54. The van der Waals surface area contributed by atoms with Crippen LogP contribution in [0, 0.1) is 0 Å². The van der Waals surface area contributed by atoms with Crippen LogP contribution in [-0.2, 0) is 6.54 Å². The van der Waals surface area contributed by atoms with E-state index in [0.29, 0.717) is 6.04 Å². The predicted molar refractivity (Wildman–Crippen MR) is 67.3 cm³/mol. The van der Waals surface area contributed by atoms with Crippen molar-refractivity contribution in [2.75, 3.05) is 13.7 Å². The van der Waals surface area contributed by atoms with Crippen molar-refractivity contribution in [2.24, 2.45) is 0 Å². The van der Waals surface area contributed by atoms with Crippen LogP contribution in [0.2, 0.25) is 0 Å².